The Balaban J connectivity index is 1.21. The van der Waals surface area contributed by atoms with Crippen LogP contribution in [0.3, 0.4) is 0 Å². The standard InChI is InChI=1S/C40H63NO10/c1-9-25-11-10-12-33(51-35-16-15-32(41-5)22(3)47-35)21(2)36(43)31-19-29-27(30(31)20-34(42)49-25)14-13-24-17-26(18-28(24)29)50-40-39(46-8)38(45-7)37(44-6)23(4)48-40/h13-14,19,21-30,32-33,35,37-41H,9-12,15-18,20H2,1-8H3/t21-,22?,23?,24?,25+,26-,27?,28-,29-,30+,32+,33+,35+,37+,38?,39?,40+/m1/s1. The highest BCUT2D eigenvalue weighted by molar-refractivity contribution is 5.99. The third-order valence-electron chi connectivity index (χ3n) is 13.0. The van der Waals surface area contributed by atoms with E-state index < -0.39 is 12.4 Å². The van der Waals surface area contributed by atoms with Gasteiger partial charge in [0.2, 0.25) is 0 Å². The largest absolute Gasteiger partial charge is 0.462 e. The SMILES string of the molecule is CC[C@H]1CCC[C@H](O[C@H]2CC[C@H](NC)C(C)O2)[C@@H](C)C(=O)C2=C[C@@H]3C(C=CC4C[C@@H](O[C@@H]5OC(C)[C@H](OC)C(OC)C5OC)C[C@H]43)[C@@H]2CC(=O)O1. The first-order valence-corrected chi connectivity index (χ1v) is 19.6. The van der Waals surface area contributed by atoms with Gasteiger partial charge < -0.3 is 43.2 Å². The van der Waals surface area contributed by atoms with Crippen LogP contribution in [0.25, 0.3) is 0 Å². The number of allylic oxidation sites excluding steroid dienone is 4. The Morgan fingerprint density at radius 1 is 0.843 bits per heavy atom. The van der Waals surface area contributed by atoms with Crippen molar-refractivity contribution in [3.63, 3.8) is 0 Å². The van der Waals surface area contributed by atoms with Gasteiger partial charge in [0.25, 0.3) is 0 Å². The van der Waals surface area contributed by atoms with Gasteiger partial charge >= 0.3 is 5.97 Å². The van der Waals surface area contributed by atoms with Crippen molar-refractivity contribution in [2.24, 2.45) is 35.5 Å². The molecule has 0 aromatic carbocycles. The van der Waals surface area contributed by atoms with E-state index in [-0.39, 0.29) is 103 Å². The zero-order chi connectivity index (χ0) is 36.4. The lowest BCUT2D eigenvalue weighted by Gasteiger charge is -2.44. The number of hydrogen-bond acceptors (Lipinski definition) is 11. The molecule has 0 radical (unpaired) electrons. The fourth-order valence-corrected chi connectivity index (χ4v) is 10.1. The lowest BCUT2D eigenvalue weighted by atomic mass is 9.70. The summed E-state index contributed by atoms with van der Waals surface area (Å²) in [5, 5.41) is 3.34. The van der Waals surface area contributed by atoms with E-state index in [4.69, 9.17) is 37.9 Å². The smallest absolute Gasteiger partial charge is 0.306 e. The molecule has 6 aliphatic rings. The number of hydrogen-bond donors (Lipinski definition) is 1. The van der Waals surface area contributed by atoms with Crippen LogP contribution in [-0.4, -0.2) is 108 Å². The van der Waals surface area contributed by atoms with Crippen LogP contribution in [0.1, 0.15) is 85.5 Å². The van der Waals surface area contributed by atoms with Crippen LogP contribution in [0, 0.1) is 35.5 Å². The molecule has 3 heterocycles. The summed E-state index contributed by atoms with van der Waals surface area (Å²) in [6.45, 7) is 8.12. The first-order valence-electron chi connectivity index (χ1n) is 19.6. The molecular formula is C40H63NO10. The minimum Gasteiger partial charge on any atom is -0.462 e. The van der Waals surface area contributed by atoms with Gasteiger partial charge in [0.1, 0.15) is 24.4 Å². The molecule has 1 saturated carbocycles. The molecule has 11 heteroatoms. The number of carbonyl (C=O) groups is 2. The predicted molar refractivity (Wildman–Crippen MR) is 190 cm³/mol. The summed E-state index contributed by atoms with van der Waals surface area (Å²) in [7, 11) is 6.93. The quantitative estimate of drug-likeness (QED) is 0.252. The first kappa shape index (κ1) is 39.0. The molecule has 0 amide bonds. The Morgan fingerprint density at radius 2 is 1.61 bits per heavy atom. The Morgan fingerprint density at radius 3 is 2.29 bits per heavy atom. The molecule has 0 bridgehead atoms. The number of nitrogens with one attached hydrogen (secondary N) is 1. The summed E-state index contributed by atoms with van der Waals surface area (Å²) in [6.07, 6.45) is 10.8. The second-order valence-electron chi connectivity index (χ2n) is 15.9. The highest BCUT2D eigenvalue weighted by Crippen LogP contribution is 2.54. The second kappa shape index (κ2) is 17.2. The summed E-state index contributed by atoms with van der Waals surface area (Å²) >= 11 is 0. The number of carbonyl (C=O) groups excluding carboxylic acids is 2. The van der Waals surface area contributed by atoms with Crippen LogP contribution in [0.2, 0.25) is 0 Å². The molecule has 51 heavy (non-hydrogen) atoms. The van der Waals surface area contributed by atoms with E-state index >= 15 is 0 Å². The summed E-state index contributed by atoms with van der Waals surface area (Å²) in [5.41, 5.74) is 0.761. The molecule has 0 aromatic heterocycles. The molecule has 3 aliphatic carbocycles. The molecule has 3 saturated heterocycles. The Hall–Kier alpha value is -1.70. The normalized spacial score (nSPS) is 46.3. The van der Waals surface area contributed by atoms with E-state index in [0.29, 0.717) is 12.3 Å². The van der Waals surface area contributed by atoms with Crippen molar-refractivity contribution in [1.82, 2.24) is 5.32 Å². The van der Waals surface area contributed by atoms with Gasteiger partial charge in [0.05, 0.1) is 30.8 Å². The third-order valence-corrected chi connectivity index (χ3v) is 13.0. The predicted octanol–water partition coefficient (Wildman–Crippen LogP) is 5.15. The third kappa shape index (κ3) is 8.21. The van der Waals surface area contributed by atoms with Gasteiger partial charge in [-0.2, -0.15) is 0 Å². The molecular weight excluding hydrogens is 654 g/mol. The Bertz CT molecular complexity index is 1260. The number of ether oxygens (including phenoxy) is 8. The molecule has 288 valence electrons. The van der Waals surface area contributed by atoms with Gasteiger partial charge in [0.15, 0.2) is 18.4 Å². The number of rotatable bonds is 9. The van der Waals surface area contributed by atoms with Crippen molar-refractivity contribution >= 4 is 11.8 Å². The maximum absolute atomic E-state index is 14.6. The van der Waals surface area contributed by atoms with E-state index in [0.717, 1.165) is 50.5 Å². The number of Topliss-reactive ketones (excluding diaryl/α,β-unsaturated/α-hetero) is 1. The van der Waals surface area contributed by atoms with E-state index in [1.54, 1.807) is 21.3 Å². The van der Waals surface area contributed by atoms with Gasteiger partial charge in [-0.05, 0) is 102 Å². The van der Waals surface area contributed by atoms with Crippen molar-refractivity contribution in [1.29, 1.82) is 0 Å². The molecule has 0 aromatic rings. The fourth-order valence-electron chi connectivity index (χ4n) is 10.1. The maximum atomic E-state index is 14.6. The highest BCUT2D eigenvalue weighted by Gasteiger charge is 2.52. The molecule has 1 N–H and O–H groups in total. The lowest BCUT2D eigenvalue weighted by Crippen LogP contribution is -2.59. The summed E-state index contributed by atoms with van der Waals surface area (Å²) in [4.78, 5) is 28.1. The van der Waals surface area contributed by atoms with Gasteiger partial charge in [-0.1, -0.05) is 32.1 Å². The van der Waals surface area contributed by atoms with Crippen LogP contribution >= 0.6 is 0 Å². The van der Waals surface area contributed by atoms with Crippen LogP contribution in [0.4, 0.5) is 0 Å². The van der Waals surface area contributed by atoms with E-state index in [1.807, 2.05) is 20.9 Å². The summed E-state index contributed by atoms with van der Waals surface area (Å²) in [5.74, 6) is 0.0185. The van der Waals surface area contributed by atoms with Crippen LogP contribution in [-0.2, 0) is 47.5 Å². The zero-order valence-electron chi connectivity index (χ0n) is 32.0. The minimum atomic E-state index is -0.593. The fraction of sp³-hybridized carbons (Fsp3) is 0.850. The molecule has 17 atom stereocenters. The van der Waals surface area contributed by atoms with Crippen LogP contribution in [0.15, 0.2) is 23.8 Å². The lowest BCUT2D eigenvalue weighted by molar-refractivity contribution is -0.314. The van der Waals surface area contributed by atoms with Crippen LogP contribution in [0.5, 0.6) is 0 Å². The summed E-state index contributed by atoms with van der Waals surface area (Å²) < 4.78 is 49.4. The maximum Gasteiger partial charge on any atom is 0.306 e. The molecule has 6 rings (SSSR count). The topological polar surface area (TPSA) is 120 Å². The average molecular weight is 718 g/mol. The number of fused-ring (bicyclic) bond motifs is 5. The van der Waals surface area contributed by atoms with Crippen molar-refractivity contribution < 1.29 is 47.5 Å². The van der Waals surface area contributed by atoms with Gasteiger partial charge in [0, 0.05) is 39.2 Å². The molecule has 4 fully saturated rings. The molecule has 11 nitrogen and oxygen atoms in total. The number of cyclic esters (lactones) is 1. The van der Waals surface area contributed by atoms with Crippen molar-refractivity contribution in [3.05, 3.63) is 23.8 Å². The second-order valence-corrected chi connectivity index (χ2v) is 15.9. The summed E-state index contributed by atoms with van der Waals surface area (Å²) in [6, 6.07) is 0.288. The van der Waals surface area contributed by atoms with Crippen molar-refractivity contribution in [3.8, 4) is 0 Å². The van der Waals surface area contributed by atoms with Crippen molar-refractivity contribution in [2.75, 3.05) is 28.4 Å². The average Bonchev–Trinajstić information content (AvgIpc) is 3.70. The van der Waals surface area contributed by atoms with Gasteiger partial charge in [-0.25, -0.2) is 0 Å². The van der Waals surface area contributed by atoms with Crippen molar-refractivity contribution in [2.45, 2.75) is 153 Å². The first-order chi connectivity index (χ1) is 24.6. The Kier molecular flexibility index (Phi) is 13.1. The Labute approximate surface area is 304 Å². The minimum absolute atomic E-state index is 0.0241. The molecule has 3 aliphatic heterocycles. The van der Waals surface area contributed by atoms with Gasteiger partial charge in [-0.15, -0.1) is 0 Å². The van der Waals surface area contributed by atoms with E-state index in [9.17, 15) is 9.59 Å². The molecule has 0 spiro atoms. The number of ketones is 1. The van der Waals surface area contributed by atoms with Gasteiger partial charge in [-0.3, -0.25) is 9.59 Å². The molecule has 6 unspecified atom stereocenters. The number of likely N-dealkylation sites (N-methyl/N-ethyl adjacent to an activating group) is 1. The van der Waals surface area contributed by atoms with Crippen LogP contribution < -0.4 is 5.32 Å². The van der Waals surface area contributed by atoms with E-state index in [1.165, 1.54) is 0 Å². The number of methoxy groups -OCH3 is 3. The number of esters is 1. The highest BCUT2D eigenvalue weighted by atomic mass is 16.7. The van der Waals surface area contributed by atoms with E-state index in [2.05, 4.69) is 37.4 Å². The zero-order valence-corrected chi connectivity index (χ0v) is 32.0. The monoisotopic (exact) mass is 717 g/mol.